The van der Waals surface area contributed by atoms with Gasteiger partial charge in [0, 0.05) is 24.7 Å². The Hall–Kier alpha value is -1.95. The van der Waals surface area contributed by atoms with Crippen LogP contribution in [0.3, 0.4) is 0 Å². The van der Waals surface area contributed by atoms with Gasteiger partial charge >= 0.3 is 5.97 Å². The fourth-order valence-corrected chi connectivity index (χ4v) is 2.68. The van der Waals surface area contributed by atoms with Crippen molar-refractivity contribution in [2.45, 2.75) is 32.4 Å². The van der Waals surface area contributed by atoms with Crippen LogP contribution in [0.15, 0.2) is 24.3 Å². The summed E-state index contributed by atoms with van der Waals surface area (Å²) >= 11 is 0. The Bertz CT molecular complexity index is 518. The van der Waals surface area contributed by atoms with Gasteiger partial charge in [-0.15, -0.1) is 0 Å². The lowest BCUT2D eigenvalue weighted by atomic mass is 9.91. The van der Waals surface area contributed by atoms with Gasteiger partial charge in [0.15, 0.2) is 0 Å². The van der Waals surface area contributed by atoms with Gasteiger partial charge in [0.05, 0.1) is 10.8 Å². The van der Waals surface area contributed by atoms with Crippen molar-refractivity contribution in [3.8, 4) is 0 Å². The average Bonchev–Trinajstić information content (AvgIpc) is 2.41. The zero-order valence-electron chi connectivity index (χ0n) is 11.4. The number of benzene rings is 1. The molecule has 0 aromatic heterocycles. The smallest absolute Gasteiger partial charge is 0.306 e. The van der Waals surface area contributed by atoms with Crippen molar-refractivity contribution in [3.63, 3.8) is 0 Å². The van der Waals surface area contributed by atoms with Crippen molar-refractivity contribution < 1.29 is 14.8 Å². The minimum absolute atomic E-state index is 0.0931. The summed E-state index contributed by atoms with van der Waals surface area (Å²) in [6, 6.07) is 6.77. The molecule has 1 aliphatic heterocycles. The van der Waals surface area contributed by atoms with Crippen LogP contribution >= 0.6 is 0 Å². The predicted octanol–water partition coefficient (Wildman–Crippen LogP) is 2.28. The summed E-state index contributed by atoms with van der Waals surface area (Å²) in [5.41, 5.74) is 0.982. The Morgan fingerprint density at radius 2 is 2.30 bits per heavy atom. The number of carbonyl (C=O) groups is 1. The second-order valence-corrected chi connectivity index (χ2v) is 5.31. The third kappa shape index (κ3) is 3.33. The molecular formula is C14H18N2O4. The summed E-state index contributed by atoms with van der Waals surface area (Å²) < 4.78 is 0. The van der Waals surface area contributed by atoms with Gasteiger partial charge in [0.1, 0.15) is 0 Å². The van der Waals surface area contributed by atoms with E-state index in [9.17, 15) is 14.9 Å². The van der Waals surface area contributed by atoms with Gasteiger partial charge in [0.2, 0.25) is 0 Å². The van der Waals surface area contributed by atoms with Crippen LogP contribution in [0.25, 0.3) is 0 Å². The van der Waals surface area contributed by atoms with Crippen LogP contribution in [-0.4, -0.2) is 33.5 Å². The first-order valence-corrected chi connectivity index (χ1v) is 6.67. The molecule has 1 fully saturated rings. The van der Waals surface area contributed by atoms with Gasteiger partial charge in [0.25, 0.3) is 5.69 Å². The van der Waals surface area contributed by atoms with E-state index < -0.39 is 10.9 Å². The monoisotopic (exact) mass is 278 g/mol. The van der Waals surface area contributed by atoms with E-state index in [4.69, 9.17) is 5.11 Å². The minimum Gasteiger partial charge on any atom is -0.481 e. The number of piperidine rings is 1. The second-order valence-electron chi connectivity index (χ2n) is 5.31. The van der Waals surface area contributed by atoms with Gasteiger partial charge in [-0.3, -0.25) is 19.8 Å². The van der Waals surface area contributed by atoms with E-state index in [1.54, 1.807) is 12.1 Å². The number of hydrogen-bond acceptors (Lipinski definition) is 4. The molecule has 2 atom stereocenters. The van der Waals surface area contributed by atoms with E-state index >= 15 is 0 Å². The molecule has 108 valence electrons. The molecular weight excluding hydrogens is 260 g/mol. The standard InChI is InChI=1S/C14H18N2O4/c1-10-7-12(14(17)18)5-6-15(10)9-11-3-2-4-13(8-11)16(19)20/h2-4,8,10,12H,5-7,9H2,1H3,(H,17,18). The summed E-state index contributed by atoms with van der Waals surface area (Å²) in [5, 5.41) is 19.8. The highest BCUT2D eigenvalue weighted by atomic mass is 16.6. The second kappa shape index (κ2) is 6.00. The molecule has 2 unspecified atom stereocenters. The van der Waals surface area contributed by atoms with E-state index in [1.807, 2.05) is 13.0 Å². The van der Waals surface area contributed by atoms with Crippen molar-refractivity contribution in [1.82, 2.24) is 4.90 Å². The Labute approximate surface area is 117 Å². The van der Waals surface area contributed by atoms with Crippen LogP contribution in [0.4, 0.5) is 5.69 Å². The first-order chi connectivity index (χ1) is 9.47. The highest BCUT2D eigenvalue weighted by molar-refractivity contribution is 5.70. The van der Waals surface area contributed by atoms with Crippen LogP contribution in [0, 0.1) is 16.0 Å². The summed E-state index contributed by atoms with van der Waals surface area (Å²) in [5.74, 6) is -1.00. The first kappa shape index (κ1) is 14.5. The molecule has 0 spiro atoms. The number of carboxylic acid groups (broad SMARTS) is 1. The van der Waals surface area contributed by atoms with Gasteiger partial charge < -0.3 is 5.11 Å². The lowest BCUT2D eigenvalue weighted by Crippen LogP contribution is -2.42. The molecule has 0 amide bonds. The fourth-order valence-electron chi connectivity index (χ4n) is 2.68. The van der Waals surface area contributed by atoms with Crippen molar-refractivity contribution >= 4 is 11.7 Å². The number of non-ortho nitro benzene ring substituents is 1. The lowest BCUT2D eigenvalue weighted by Gasteiger charge is -2.36. The van der Waals surface area contributed by atoms with Crippen molar-refractivity contribution in [2.75, 3.05) is 6.54 Å². The molecule has 1 saturated heterocycles. The summed E-state index contributed by atoms with van der Waals surface area (Å²) in [6.45, 7) is 3.34. The summed E-state index contributed by atoms with van der Waals surface area (Å²) in [7, 11) is 0. The molecule has 1 aromatic carbocycles. The fraction of sp³-hybridized carbons (Fsp3) is 0.500. The molecule has 1 heterocycles. The molecule has 1 N–H and O–H groups in total. The number of hydrogen-bond donors (Lipinski definition) is 1. The molecule has 0 bridgehead atoms. The van der Waals surface area contributed by atoms with Gasteiger partial charge in [-0.2, -0.15) is 0 Å². The predicted molar refractivity (Wildman–Crippen MR) is 73.3 cm³/mol. The Morgan fingerprint density at radius 1 is 1.55 bits per heavy atom. The Balaban J connectivity index is 2.02. The first-order valence-electron chi connectivity index (χ1n) is 6.67. The number of nitrogens with zero attached hydrogens (tertiary/aromatic N) is 2. The van der Waals surface area contributed by atoms with Gasteiger partial charge in [-0.25, -0.2) is 0 Å². The van der Waals surface area contributed by atoms with Crippen LogP contribution in [0.2, 0.25) is 0 Å². The van der Waals surface area contributed by atoms with Crippen LogP contribution < -0.4 is 0 Å². The molecule has 2 rings (SSSR count). The van der Waals surface area contributed by atoms with E-state index in [1.165, 1.54) is 6.07 Å². The van der Waals surface area contributed by atoms with Crippen molar-refractivity contribution in [1.29, 1.82) is 0 Å². The van der Waals surface area contributed by atoms with Gasteiger partial charge in [-0.1, -0.05) is 12.1 Å². The zero-order chi connectivity index (χ0) is 14.7. The minimum atomic E-state index is -0.730. The SMILES string of the molecule is CC1CC(C(=O)O)CCN1Cc1cccc([N+](=O)[O-])c1. The molecule has 0 aliphatic carbocycles. The van der Waals surface area contributed by atoms with Crippen LogP contribution in [0.5, 0.6) is 0 Å². The van der Waals surface area contributed by atoms with Crippen molar-refractivity contribution in [3.05, 3.63) is 39.9 Å². The van der Waals surface area contributed by atoms with E-state index in [0.29, 0.717) is 25.9 Å². The Kier molecular flexibility index (Phi) is 4.34. The van der Waals surface area contributed by atoms with Crippen molar-refractivity contribution in [2.24, 2.45) is 5.92 Å². The number of nitro groups is 1. The van der Waals surface area contributed by atoms with E-state index in [2.05, 4.69) is 4.90 Å². The number of rotatable bonds is 4. The number of carboxylic acids is 1. The van der Waals surface area contributed by atoms with E-state index in [-0.39, 0.29) is 17.6 Å². The normalized spacial score (nSPS) is 23.4. The maximum atomic E-state index is 11.0. The largest absolute Gasteiger partial charge is 0.481 e. The van der Waals surface area contributed by atoms with Gasteiger partial charge in [-0.05, 0) is 31.9 Å². The maximum Gasteiger partial charge on any atom is 0.306 e. The third-order valence-electron chi connectivity index (χ3n) is 3.87. The highest BCUT2D eigenvalue weighted by Gasteiger charge is 2.29. The third-order valence-corrected chi connectivity index (χ3v) is 3.87. The maximum absolute atomic E-state index is 11.0. The lowest BCUT2D eigenvalue weighted by molar-refractivity contribution is -0.384. The zero-order valence-corrected chi connectivity index (χ0v) is 11.4. The summed E-state index contributed by atoms with van der Waals surface area (Å²) in [4.78, 5) is 23.5. The quantitative estimate of drug-likeness (QED) is 0.674. The Morgan fingerprint density at radius 3 is 2.90 bits per heavy atom. The molecule has 20 heavy (non-hydrogen) atoms. The average molecular weight is 278 g/mol. The highest BCUT2D eigenvalue weighted by Crippen LogP contribution is 2.25. The molecule has 6 nitrogen and oxygen atoms in total. The number of nitro benzene ring substituents is 1. The molecule has 1 aliphatic rings. The number of aliphatic carboxylic acids is 1. The van der Waals surface area contributed by atoms with Crippen LogP contribution in [-0.2, 0) is 11.3 Å². The molecule has 0 radical (unpaired) electrons. The topological polar surface area (TPSA) is 83.7 Å². The van der Waals surface area contributed by atoms with Crippen LogP contribution in [0.1, 0.15) is 25.3 Å². The summed E-state index contributed by atoms with van der Waals surface area (Å²) in [6.07, 6.45) is 1.26. The molecule has 6 heteroatoms. The molecule has 1 aromatic rings. The van der Waals surface area contributed by atoms with E-state index in [0.717, 1.165) is 5.56 Å². The number of likely N-dealkylation sites (tertiary alicyclic amines) is 1. The molecule has 0 saturated carbocycles.